The Bertz CT molecular complexity index is 1020. The van der Waals surface area contributed by atoms with Crippen LogP contribution in [0.4, 0.5) is 0 Å². The van der Waals surface area contributed by atoms with E-state index in [1.807, 2.05) is 65.6 Å². The van der Waals surface area contributed by atoms with Crippen LogP contribution in [0.1, 0.15) is 16.7 Å². The van der Waals surface area contributed by atoms with Crippen LogP contribution in [0.15, 0.2) is 66.7 Å². The van der Waals surface area contributed by atoms with Crippen LogP contribution in [0, 0.1) is 0 Å². The summed E-state index contributed by atoms with van der Waals surface area (Å²) in [5.74, 6) is 1.34. The molecule has 1 amide bonds. The van der Waals surface area contributed by atoms with E-state index in [0.717, 1.165) is 16.7 Å². The number of hydrogen-bond acceptors (Lipinski definition) is 3. The van der Waals surface area contributed by atoms with E-state index in [0.29, 0.717) is 47.5 Å². The SMILES string of the molecule is COc1ccc(CN(CCc2ccc(Cl)cc2Cl)C(=O)Cc2ccccc2)cc1OC. The molecule has 0 saturated heterocycles. The standard InChI is InChI=1S/C25H25Cl2NO3/c1-30-23-11-8-19(14-24(23)31-2)17-28(25(29)15-18-6-4-3-5-7-18)13-12-20-9-10-21(26)16-22(20)27/h3-11,14,16H,12-13,15,17H2,1-2H3. The first-order chi connectivity index (χ1) is 15.0. The van der Waals surface area contributed by atoms with Crippen LogP contribution in [0.25, 0.3) is 0 Å². The summed E-state index contributed by atoms with van der Waals surface area (Å²) in [6.07, 6.45) is 0.965. The third-order valence-corrected chi connectivity index (χ3v) is 5.63. The average molecular weight is 458 g/mol. The van der Waals surface area contributed by atoms with Gasteiger partial charge in [0, 0.05) is 23.1 Å². The van der Waals surface area contributed by atoms with Crippen molar-refractivity contribution >= 4 is 29.1 Å². The Morgan fingerprint density at radius 1 is 0.871 bits per heavy atom. The third-order valence-electron chi connectivity index (χ3n) is 5.04. The second kappa shape index (κ2) is 11.1. The minimum Gasteiger partial charge on any atom is -0.493 e. The summed E-state index contributed by atoms with van der Waals surface area (Å²) in [6.45, 7) is 0.985. The number of carbonyl (C=O) groups is 1. The van der Waals surface area contributed by atoms with Crippen molar-refractivity contribution in [3.63, 3.8) is 0 Å². The van der Waals surface area contributed by atoms with Crippen LogP contribution in [-0.4, -0.2) is 31.6 Å². The number of hydrogen-bond donors (Lipinski definition) is 0. The van der Waals surface area contributed by atoms with E-state index in [1.165, 1.54) is 0 Å². The summed E-state index contributed by atoms with van der Waals surface area (Å²) in [6, 6.07) is 20.9. The monoisotopic (exact) mass is 457 g/mol. The zero-order valence-electron chi connectivity index (χ0n) is 17.6. The van der Waals surface area contributed by atoms with Crippen LogP contribution < -0.4 is 9.47 Å². The molecule has 0 heterocycles. The first-order valence-corrected chi connectivity index (χ1v) is 10.7. The van der Waals surface area contributed by atoms with Crippen molar-refractivity contribution in [2.75, 3.05) is 20.8 Å². The molecule has 162 valence electrons. The summed E-state index contributed by atoms with van der Waals surface area (Å²) in [4.78, 5) is 15.0. The molecule has 0 bridgehead atoms. The van der Waals surface area contributed by atoms with Crippen molar-refractivity contribution in [1.29, 1.82) is 0 Å². The van der Waals surface area contributed by atoms with E-state index in [-0.39, 0.29) is 5.91 Å². The van der Waals surface area contributed by atoms with Gasteiger partial charge in [-0.15, -0.1) is 0 Å². The quantitative estimate of drug-likeness (QED) is 0.405. The first kappa shape index (κ1) is 23.0. The Labute approximate surface area is 193 Å². The molecule has 0 atom stereocenters. The molecule has 31 heavy (non-hydrogen) atoms. The molecule has 0 N–H and O–H groups in total. The molecule has 3 rings (SSSR count). The van der Waals surface area contributed by atoms with Crippen molar-refractivity contribution in [2.45, 2.75) is 19.4 Å². The van der Waals surface area contributed by atoms with Crippen molar-refractivity contribution < 1.29 is 14.3 Å². The largest absolute Gasteiger partial charge is 0.493 e. The molecule has 3 aromatic rings. The molecule has 0 saturated carbocycles. The Balaban J connectivity index is 1.80. The van der Waals surface area contributed by atoms with Crippen LogP contribution in [0.3, 0.4) is 0 Å². The fourth-order valence-electron chi connectivity index (χ4n) is 3.35. The number of methoxy groups -OCH3 is 2. The molecule has 0 fully saturated rings. The molecular weight excluding hydrogens is 433 g/mol. The molecule has 0 spiro atoms. The first-order valence-electron chi connectivity index (χ1n) is 9.96. The lowest BCUT2D eigenvalue weighted by Crippen LogP contribution is -2.33. The van der Waals surface area contributed by atoms with Gasteiger partial charge in [0.15, 0.2) is 11.5 Å². The van der Waals surface area contributed by atoms with Gasteiger partial charge in [-0.25, -0.2) is 0 Å². The maximum absolute atomic E-state index is 13.2. The van der Waals surface area contributed by atoms with Gasteiger partial charge < -0.3 is 14.4 Å². The molecule has 0 radical (unpaired) electrons. The average Bonchev–Trinajstić information content (AvgIpc) is 2.78. The lowest BCUT2D eigenvalue weighted by molar-refractivity contribution is -0.131. The number of ether oxygens (including phenoxy) is 2. The number of halogens is 2. The van der Waals surface area contributed by atoms with Crippen molar-refractivity contribution in [3.05, 3.63) is 93.5 Å². The van der Waals surface area contributed by atoms with Gasteiger partial charge in [0.1, 0.15) is 0 Å². The smallest absolute Gasteiger partial charge is 0.227 e. The number of benzene rings is 3. The van der Waals surface area contributed by atoms with E-state index < -0.39 is 0 Å². The minimum atomic E-state index is 0.0473. The van der Waals surface area contributed by atoms with Gasteiger partial charge in [-0.2, -0.15) is 0 Å². The van der Waals surface area contributed by atoms with Crippen LogP contribution in [0.2, 0.25) is 10.0 Å². The fraction of sp³-hybridized carbons (Fsp3) is 0.240. The second-order valence-corrected chi connectivity index (χ2v) is 8.00. The minimum absolute atomic E-state index is 0.0473. The van der Waals surface area contributed by atoms with Crippen LogP contribution in [0.5, 0.6) is 11.5 Å². The molecule has 6 heteroatoms. The lowest BCUT2D eigenvalue weighted by atomic mass is 10.1. The maximum Gasteiger partial charge on any atom is 0.227 e. The molecule has 3 aromatic carbocycles. The molecule has 0 aromatic heterocycles. The number of amides is 1. The Morgan fingerprint density at radius 2 is 1.61 bits per heavy atom. The molecule has 0 aliphatic carbocycles. The van der Waals surface area contributed by atoms with Gasteiger partial charge in [0.25, 0.3) is 0 Å². The highest BCUT2D eigenvalue weighted by atomic mass is 35.5. The molecule has 0 unspecified atom stereocenters. The maximum atomic E-state index is 13.2. The van der Waals surface area contributed by atoms with E-state index >= 15 is 0 Å². The third kappa shape index (κ3) is 6.39. The zero-order chi connectivity index (χ0) is 22.2. The van der Waals surface area contributed by atoms with Crippen molar-refractivity contribution in [1.82, 2.24) is 4.90 Å². The van der Waals surface area contributed by atoms with Gasteiger partial charge >= 0.3 is 0 Å². The molecule has 0 aliphatic heterocycles. The Hall–Kier alpha value is -2.69. The highest BCUT2D eigenvalue weighted by Crippen LogP contribution is 2.28. The van der Waals surface area contributed by atoms with Gasteiger partial charge in [-0.1, -0.05) is 65.7 Å². The Kier molecular flexibility index (Phi) is 8.21. The highest BCUT2D eigenvalue weighted by Gasteiger charge is 2.17. The van der Waals surface area contributed by atoms with E-state index in [2.05, 4.69) is 0 Å². The normalized spacial score (nSPS) is 10.6. The number of carbonyl (C=O) groups excluding carboxylic acids is 1. The van der Waals surface area contributed by atoms with Gasteiger partial charge in [0.2, 0.25) is 5.91 Å². The number of rotatable bonds is 9. The summed E-state index contributed by atoms with van der Waals surface area (Å²) in [5.41, 5.74) is 2.89. The molecule has 0 aliphatic rings. The van der Waals surface area contributed by atoms with Crippen molar-refractivity contribution in [2.24, 2.45) is 0 Å². The summed E-state index contributed by atoms with van der Waals surface area (Å²) < 4.78 is 10.7. The van der Waals surface area contributed by atoms with E-state index in [9.17, 15) is 4.79 Å². The molecule has 4 nitrogen and oxygen atoms in total. The predicted octanol–water partition coefficient (Wildman–Crippen LogP) is 5.82. The van der Waals surface area contributed by atoms with Gasteiger partial charge in [0.05, 0.1) is 20.6 Å². The topological polar surface area (TPSA) is 38.8 Å². The predicted molar refractivity (Wildman–Crippen MR) is 125 cm³/mol. The fourth-order valence-corrected chi connectivity index (χ4v) is 3.86. The highest BCUT2D eigenvalue weighted by molar-refractivity contribution is 6.35. The van der Waals surface area contributed by atoms with Gasteiger partial charge in [-0.05, 0) is 47.4 Å². The van der Waals surface area contributed by atoms with Crippen LogP contribution in [-0.2, 0) is 24.2 Å². The summed E-state index contributed by atoms with van der Waals surface area (Å²) in [5, 5.41) is 1.20. The molecular formula is C25H25Cl2NO3. The summed E-state index contributed by atoms with van der Waals surface area (Å²) >= 11 is 12.3. The number of nitrogens with zero attached hydrogens (tertiary/aromatic N) is 1. The van der Waals surface area contributed by atoms with E-state index in [4.69, 9.17) is 32.7 Å². The lowest BCUT2D eigenvalue weighted by Gasteiger charge is -2.24. The van der Waals surface area contributed by atoms with E-state index in [1.54, 1.807) is 20.3 Å². The zero-order valence-corrected chi connectivity index (χ0v) is 19.1. The second-order valence-electron chi connectivity index (χ2n) is 7.15. The van der Waals surface area contributed by atoms with Crippen LogP contribution >= 0.6 is 23.2 Å². The van der Waals surface area contributed by atoms with Crippen molar-refractivity contribution in [3.8, 4) is 11.5 Å². The Morgan fingerprint density at radius 3 is 2.29 bits per heavy atom. The summed E-state index contributed by atoms with van der Waals surface area (Å²) in [7, 11) is 3.20. The van der Waals surface area contributed by atoms with Gasteiger partial charge in [-0.3, -0.25) is 4.79 Å².